The summed E-state index contributed by atoms with van der Waals surface area (Å²) in [6.07, 6.45) is 1.41. The first-order chi connectivity index (χ1) is 3.77. The van der Waals surface area contributed by atoms with Crippen LogP contribution >= 0.6 is 0 Å². The van der Waals surface area contributed by atoms with Crippen LogP contribution in [0.25, 0.3) is 0 Å². The number of hydrogen-bond donors (Lipinski definition) is 3. The van der Waals surface area contributed by atoms with E-state index < -0.39 is 6.23 Å². The topological polar surface area (TPSA) is 66.5 Å². The second-order valence-corrected chi connectivity index (χ2v) is 1.79. The molecule has 3 nitrogen and oxygen atoms in total. The van der Waals surface area contributed by atoms with Crippen LogP contribution in [0.2, 0.25) is 0 Å². The number of unbranched alkanes of at least 4 members (excludes halogenated alkanes) is 1. The van der Waals surface area contributed by atoms with Gasteiger partial charge in [-0.05, 0) is 19.3 Å². The van der Waals surface area contributed by atoms with Crippen LogP contribution in [0.4, 0.5) is 0 Å². The van der Waals surface area contributed by atoms with E-state index in [1.165, 1.54) is 0 Å². The second kappa shape index (κ2) is 5.03. The highest BCUT2D eigenvalue weighted by Crippen LogP contribution is 1.94. The van der Waals surface area contributed by atoms with Crippen LogP contribution in [0.5, 0.6) is 0 Å². The Morgan fingerprint density at radius 3 is 2.38 bits per heavy atom. The fourth-order valence-electron chi connectivity index (χ4n) is 0.465. The van der Waals surface area contributed by atoms with Gasteiger partial charge in [-0.3, -0.25) is 0 Å². The third kappa shape index (κ3) is 5.88. The summed E-state index contributed by atoms with van der Waals surface area (Å²) in [7, 11) is 0. The van der Waals surface area contributed by atoms with Crippen molar-refractivity contribution in [3.05, 3.63) is 0 Å². The van der Waals surface area contributed by atoms with Crippen molar-refractivity contribution in [1.82, 2.24) is 0 Å². The molecule has 0 radical (unpaired) electrons. The van der Waals surface area contributed by atoms with Gasteiger partial charge in [0, 0.05) is 6.61 Å². The largest absolute Gasteiger partial charge is 0.396 e. The fraction of sp³-hybridized carbons (Fsp3) is 1.00. The minimum absolute atomic E-state index is 0.187. The van der Waals surface area contributed by atoms with Gasteiger partial charge in [-0.25, -0.2) is 0 Å². The molecule has 0 saturated heterocycles. The minimum Gasteiger partial charge on any atom is -0.396 e. The second-order valence-electron chi connectivity index (χ2n) is 1.79. The smallest absolute Gasteiger partial charge is 0.102 e. The van der Waals surface area contributed by atoms with Crippen molar-refractivity contribution in [3.8, 4) is 0 Å². The van der Waals surface area contributed by atoms with Crippen molar-refractivity contribution in [2.75, 3.05) is 6.61 Å². The van der Waals surface area contributed by atoms with Crippen molar-refractivity contribution >= 4 is 0 Å². The molecule has 0 aliphatic heterocycles. The van der Waals surface area contributed by atoms with Crippen LogP contribution < -0.4 is 5.73 Å². The summed E-state index contributed by atoms with van der Waals surface area (Å²) in [5, 5.41) is 16.7. The number of hydrogen-bond acceptors (Lipinski definition) is 3. The Balaban J connectivity index is 2.72. The molecule has 0 spiro atoms. The summed E-state index contributed by atoms with van der Waals surface area (Å²) in [5.41, 5.74) is 5.01. The molecular formula is C5H13NO2. The van der Waals surface area contributed by atoms with Gasteiger partial charge in [0.15, 0.2) is 0 Å². The molecule has 0 aromatic carbocycles. The van der Waals surface area contributed by atoms with Crippen molar-refractivity contribution in [3.63, 3.8) is 0 Å². The molecule has 0 aliphatic rings. The number of aliphatic hydroxyl groups excluding tert-OH is 2. The molecule has 0 aromatic rings. The predicted molar refractivity (Wildman–Crippen MR) is 31.1 cm³/mol. The van der Waals surface area contributed by atoms with Gasteiger partial charge < -0.3 is 15.9 Å². The summed E-state index contributed by atoms with van der Waals surface area (Å²) >= 11 is 0. The third-order valence-electron chi connectivity index (χ3n) is 0.908. The van der Waals surface area contributed by atoms with E-state index in [-0.39, 0.29) is 6.61 Å². The van der Waals surface area contributed by atoms with Crippen molar-refractivity contribution in [1.29, 1.82) is 0 Å². The molecule has 0 fully saturated rings. The van der Waals surface area contributed by atoms with E-state index in [9.17, 15) is 0 Å². The molecule has 4 N–H and O–H groups in total. The van der Waals surface area contributed by atoms with Gasteiger partial charge in [0.05, 0.1) is 0 Å². The monoisotopic (exact) mass is 119 g/mol. The standard InChI is InChI=1S/C5H13NO2/c6-5(8)3-1-2-4-7/h5,7-8H,1-4,6H2. The van der Waals surface area contributed by atoms with Gasteiger partial charge >= 0.3 is 0 Å². The molecule has 0 rings (SSSR count). The van der Waals surface area contributed by atoms with Crippen LogP contribution in [0.3, 0.4) is 0 Å². The average molecular weight is 119 g/mol. The van der Waals surface area contributed by atoms with Gasteiger partial charge in [-0.2, -0.15) is 0 Å². The Kier molecular flexibility index (Phi) is 4.95. The van der Waals surface area contributed by atoms with E-state index in [4.69, 9.17) is 15.9 Å². The predicted octanol–water partition coefficient (Wildman–Crippen LogP) is -0.574. The van der Waals surface area contributed by atoms with Gasteiger partial charge in [-0.1, -0.05) is 0 Å². The first-order valence-electron chi connectivity index (χ1n) is 2.82. The van der Waals surface area contributed by atoms with Crippen LogP contribution in [0.1, 0.15) is 19.3 Å². The fourth-order valence-corrected chi connectivity index (χ4v) is 0.465. The number of rotatable bonds is 4. The molecule has 0 bridgehead atoms. The SMILES string of the molecule is NC(O)CCCCO. The van der Waals surface area contributed by atoms with Crippen LogP contribution in [0, 0.1) is 0 Å². The van der Waals surface area contributed by atoms with E-state index in [0.29, 0.717) is 6.42 Å². The normalized spacial score (nSPS) is 13.9. The lowest BCUT2D eigenvalue weighted by Gasteiger charge is -2.00. The molecule has 1 atom stereocenters. The summed E-state index contributed by atoms with van der Waals surface area (Å²) in [4.78, 5) is 0. The summed E-state index contributed by atoms with van der Waals surface area (Å²) < 4.78 is 0. The number of aliphatic hydroxyl groups is 2. The highest BCUT2D eigenvalue weighted by Gasteiger charge is 1.92. The Bertz CT molecular complexity index is 47.7. The lowest BCUT2D eigenvalue weighted by molar-refractivity contribution is 0.164. The maximum absolute atomic E-state index is 8.48. The highest BCUT2D eigenvalue weighted by atomic mass is 16.3. The van der Waals surface area contributed by atoms with Crippen LogP contribution in [0.15, 0.2) is 0 Å². The summed E-state index contributed by atoms with van der Waals surface area (Å²) in [6, 6.07) is 0. The van der Waals surface area contributed by atoms with E-state index in [2.05, 4.69) is 0 Å². The summed E-state index contributed by atoms with van der Waals surface area (Å²) in [5.74, 6) is 0. The van der Waals surface area contributed by atoms with Gasteiger partial charge in [0.2, 0.25) is 0 Å². The molecule has 0 aliphatic carbocycles. The zero-order chi connectivity index (χ0) is 6.41. The zero-order valence-electron chi connectivity index (χ0n) is 4.88. The molecule has 0 amide bonds. The Morgan fingerprint density at radius 1 is 1.38 bits per heavy atom. The Labute approximate surface area is 49.1 Å². The van der Waals surface area contributed by atoms with E-state index in [1.54, 1.807) is 0 Å². The zero-order valence-corrected chi connectivity index (χ0v) is 4.88. The Morgan fingerprint density at radius 2 is 2.00 bits per heavy atom. The first kappa shape index (κ1) is 7.88. The average Bonchev–Trinajstić information content (AvgIpc) is 1.66. The summed E-state index contributed by atoms with van der Waals surface area (Å²) in [6.45, 7) is 0.187. The maximum Gasteiger partial charge on any atom is 0.102 e. The third-order valence-corrected chi connectivity index (χ3v) is 0.908. The molecule has 0 heterocycles. The van der Waals surface area contributed by atoms with E-state index >= 15 is 0 Å². The van der Waals surface area contributed by atoms with Crippen LogP contribution in [-0.2, 0) is 0 Å². The van der Waals surface area contributed by atoms with E-state index in [0.717, 1.165) is 12.8 Å². The number of nitrogens with two attached hydrogens (primary N) is 1. The molecule has 50 valence electrons. The van der Waals surface area contributed by atoms with Crippen molar-refractivity contribution in [2.24, 2.45) is 5.73 Å². The molecule has 0 aromatic heterocycles. The van der Waals surface area contributed by atoms with Gasteiger partial charge in [0.25, 0.3) is 0 Å². The van der Waals surface area contributed by atoms with E-state index in [1.807, 2.05) is 0 Å². The molecule has 0 saturated carbocycles. The minimum atomic E-state index is -0.707. The van der Waals surface area contributed by atoms with Gasteiger partial charge in [0.1, 0.15) is 6.23 Å². The van der Waals surface area contributed by atoms with Crippen LogP contribution in [-0.4, -0.2) is 23.0 Å². The lowest BCUT2D eigenvalue weighted by Crippen LogP contribution is -2.18. The molecular weight excluding hydrogens is 106 g/mol. The van der Waals surface area contributed by atoms with Crippen molar-refractivity contribution < 1.29 is 10.2 Å². The highest BCUT2D eigenvalue weighted by molar-refractivity contribution is 4.44. The maximum atomic E-state index is 8.48. The molecule has 8 heavy (non-hydrogen) atoms. The Hall–Kier alpha value is -0.120. The molecule has 1 unspecified atom stereocenters. The first-order valence-corrected chi connectivity index (χ1v) is 2.82. The van der Waals surface area contributed by atoms with Crippen molar-refractivity contribution in [2.45, 2.75) is 25.5 Å². The lowest BCUT2D eigenvalue weighted by atomic mass is 10.2. The molecule has 3 heteroatoms. The van der Waals surface area contributed by atoms with Gasteiger partial charge in [-0.15, -0.1) is 0 Å². The quantitative estimate of drug-likeness (QED) is 0.343.